The molecule has 0 unspecified atom stereocenters. The van der Waals surface area contributed by atoms with E-state index in [1.54, 1.807) is 55.4 Å². The van der Waals surface area contributed by atoms with Crippen LogP contribution in [0.25, 0.3) is 0 Å². The second-order valence-electron chi connectivity index (χ2n) is 11.3. The van der Waals surface area contributed by atoms with E-state index in [-0.39, 0.29) is 23.1 Å². The highest BCUT2D eigenvalue weighted by Crippen LogP contribution is 2.57. The molecule has 0 aliphatic heterocycles. The van der Waals surface area contributed by atoms with E-state index in [2.05, 4.69) is 23.8 Å². The van der Waals surface area contributed by atoms with Crippen molar-refractivity contribution in [2.24, 2.45) is 0 Å². The summed E-state index contributed by atoms with van der Waals surface area (Å²) >= 11 is 0. The number of rotatable bonds is 8. The molecule has 39 heavy (non-hydrogen) atoms. The van der Waals surface area contributed by atoms with Crippen LogP contribution in [-0.4, -0.2) is 23.6 Å². The fourth-order valence-corrected chi connectivity index (χ4v) is 4.05. The van der Waals surface area contributed by atoms with Crippen LogP contribution in [0.3, 0.4) is 0 Å². The molecule has 0 fully saturated rings. The first-order valence-corrected chi connectivity index (χ1v) is 12.1. The predicted octanol–water partition coefficient (Wildman–Crippen LogP) is 9.11. The van der Waals surface area contributed by atoms with Crippen molar-refractivity contribution in [3.8, 4) is 0 Å². The van der Waals surface area contributed by atoms with Gasteiger partial charge in [0.2, 0.25) is 5.41 Å². The van der Waals surface area contributed by atoms with Gasteiger partial charge in [-0.1, -0.05) is 24.3 Å². The summed E-state index contributed by atoms with van der Waals surface area (Å²) in [6, 6.07) is 5.73. The average molecular weight is 559 g/mol. The molecule has 0 spiro atoms. The van der Waals surface area contributed by atoms with Gasteiger partial charge in [0.25, 0.3) is 0 Å². The molecule has 10 heteroatoms. The number of hydrogen-bond donors (Lipinski definition) is 2. The molecular weight excluding hydrogens is 522 g/mol. The zero-order chi connectivity index (χ0) is 30.2. The number of nitrogens with one attached hydrogen (secondary N) is 2. The molecular formula is C29H36F6N2O2. The first-order valence-electron chi connectivity index (χ1n) is 12.1. The van der Waals surface area contributed by atoms with Crippen molar-refractivity contribution >= 4 is 11.4 Å². The van der Waals surface area contributed by atoms with Crippen LogP contribution in [0.15, 0.2) is 61.3 Å². The van der Waals surface area contributed by atoms with Gasteiger partial charge in [0.15, 0.2) is 11.8 Å². The van der Waals surface area contributed by atoms with E-state index < -0.39 is 40.1 Å². The number of ether oxygens (including phenoxy) is 2. The van der Waals surface area contributed by atoms with Crippen LogP contribution >= 0.6 is 0 Å². The Morgan fingerprint density at radius 2 is 0.923 bits per heavy atom. The van der Waals surface area contributed by atoms with E-state index in [1.165, 1.54) is 12.1 Å². The van der Waals surface area contributed by atoms with Crippen LogP contribution in [0.5, 0.6) is 0 Å². The maximum absolute atomic E-state index is 14.8. The molecule has 2 N–H and O–H groups in total. The molecule has 2 aromatic rings. The van der Waals surface area contributed by atoms with Gasteiger partial charge in [0.1, 0.15) is 11.2 Å². The monoisotopic (exact) mass is 558 g/mol. The van der Waals surface area contributed by atoms with E-state index in [0.29, 0.717) is 11.1 Å². The first-order chi connectivity index (χ1) is 17.5. The normalized spacial score (nSPS) is 13.1. The Morgan fingerprint density at radius 3 is 1.18 bits per heavy atom. The average Bonchev–Trinajstić information content (AvgIpc) is 2.68. The van der Waals surface area contributed by atoms with E-state index in [1.807, 2.05) is 0 Å². The Labute approximate surface area is 226 Å². The molecule has 0 aliphatic carbocycles. The van der Waals surface area contributed by atoms with Gasteiger partial charge in [0, 0.05) is 11.4 Å². The third-order valence-corrected chi connectivity index (χ3v) is 5.60. The minimum atomic E-state index is -5.76. The maximum atomic E-state index is 14.8. The van der Waals surface area contributed by atoms with Crippen molar-refractivity contribution in [1.29, 1.82) is 0 Å². The third kappa shape index (κ3) is 7.42. The number of benzene rings is 2. The summed E-state index contributed by atoms with van der Waals surface area (Å²) in [5, 5.41) is 5.42. The van der Waals surface area contributed by atoms with E-state index >= 15 is 0 Å². The summed E-state index contributed by atoms with van der Waals surface area (Å²) in [7, 11) is 0. The molecule has 4 nitrogen and oxygen atoms in total. The third-order valence-electron chi connectivity index (χ3n) is 5.60. The van der Waals surface area contributed by atoms with Gasteiger partial charge in [-0.3, -0.25) is 0 Å². The Balaban J connectivity index is 2.77. The summed E-state index contributed by atoms with van der Waals surface area (Å²) < 4.78 is 100. The van der Waals surface area contributed by atoms with Crippen LogP contribution in [0.4, 0.5) is 37.7 Å². The van der Waals surface area contributed by atoms with Crippen molar-refractivity contribution in [2.75, 3.05) is 10.6 Å². The lowest BCUT2D eigenvalue weighted by Gasteiger charge is -2.39. The highest BCUT2D eigenvalue weighted by Gasteiger charge is 2.72. The van der Waals surface area contributed by atoms with Gasteiger partial charge in [-0.25, -0.2) is 0 Å². The van der Waals surface area contributed by atoms with Gasteiger partial charge in [0.05, 0.1) is 0 Å². The van der Waals surface area contributed by atoms with Gasteiger partial charge in [-0.15, -0.1) is 0 Å². The minimum Gasteiger partial charge on any atom is -0.474 e. The number of hydrogen-bond acceptors (Lipinski definition) is 4. The Morgan fingerprint density at radius 1 is 0.615 bits per heavy atom. The topological polar surface area (TPSA) is 42.5 Å². The van der Waals surface area contributed by atoms with Gasteiger partial charge in [-0.2, -0.15) is 26.3 Å². The van der Waals surface area contributed by atoms with Crippen LogP contribution in [0.2, 0.25) is 0 Å². The number of halogens is 6. The molecule has 0 saturated carbocycles. The molecule has 2 aromatic carbocycles. The second kappa shape index (κ2) is 10.7. The molecule has 0 aromatic heterocycles. The number of aryl methyl sites for hydroxylation is 2. The van der Waals surface area contributed by atoms with Crippen molar-refractivity contribution in [3.05, 3.63) is 83.6 Å². The van der Waals surface area contributed by atoms with Gasteiger partial charge < -0.3 is 20.1 Å². The molecule has 0 radical (unpaired) electrons. The van der Waals surface area contributed by atoms with Crippen LogP contribution < -0.4 is 10.6 Å². The molecule has 216 valence electrons. The zero-order valence-electron chi connectivity index (χ0n) is 23.5. The van der Waals surface area contributed by atoms with Crippen LogP contribution in [-0.2, 0) is 14.9 Å². The van der Waals surface area contributed by atoms with Crippen LogP contribution in [0, 0.1) is 13.8 Å². The second-order valence-corrected chi connectivity index (χ2v) is 11.3. The SMILES string of the molecule is C=C(Nc1cc(C(c2ccc(C)c(NC(=C)OC(C)(C)C)c2)(C(F)(F)F)C(F)(F)F)ccc1C)OC(C)(C)C. The zero-order valence-corrected chi connectivity index (χ0v) is 23.5. The molecule has 0 saturated heterocycles. The first kappa shape index (κ1) is 31.9. The summed E-state index contributed by atoms with van der Waals surface area (Å²) in [6.45, 7) is 20.9. The highest BCUT2D eigenvalue weighted by molar-refractivity contribution is 5.62. The molecule has 0 amide bonds. The van der Waals surface area contributed by atoms with E-state index in [4.69, 9.17) is 9.47 Å². The van der Waals surface area contributed by atoms with Crippen molar-refractivity contribution in [3.63, 3.8) is 0 Å². The van der Waals surface area contributed by atoms with E-state index in [0.717, 1.165) is 24.3 Å². The molecule has 0 bridgehead atoms. The predicted molar refractivity (Wildman–Crippen MR) is 142 cm³/mol. The Kier molecular flexibility index (Phi) is 8.75. The van der Waals surface area contributed by atoms with Crippen LogP contribution in [0.1, 0.15) is 63.8 Å². The standard InChI is InChI=1S/C29H36F6N2O2/c1-17-11-13-21(15-23(17)36-19(3)38-25(5,6)7)27(28(30,31)32,29(33,34)35)22-14-12-18(2)24(16-22)37-20(4)39-26(8,9)10/h11-16,36-37H,3-4H2,1-2,5-10H3. The summed E-state index contributed by atoms with van der Waals surface area (Å²) in [5.74, 6) is -0.0434. The fourth-order valence-electron chi connectivity index (χ4n) is 4.05. The largest absolute Gasteiger partial charge is 0.474 e. The van der Waals surface area contributed by atoms with Crippen molar-refractivity contribution in [1.82, 2.24) is 0 Å². The molecule has 0 atom stereocenters. The summed E-state index contributed by atoms with van der Waals surface area (Å²) in [4.78, 5) is 0. The fraction of sp³-hybridized carbons (Fsp3) is 0.448. The van der Waals surface area contributed by atoms with Gasteiger partial charge in [-0.05, 0) is 103 Å². The number of anilines is 2. The molecule has 2 rings (SSSR count). The Bertz CT molecular complexity index is 1120. The molecule has 0 aliphatic rings. The Hall–Kier alpha value is -3.30. The lowest BCUT2D eigenvalue weighted by Crippen LogP contribution is -2.54. The lowest BCUT2D eigenvalue weighted by molar-refractivity contribution is -0.288. The van der Waals surface area contributed by atoms with E-state index in [9.17, 15) is 26.3 Å². The van der Waals surface area contributed by atoms with Gasteiger partial charge >= 0.3 is 12.4 Å². The smallest absolute Gasteiger partial charge is 0.411 e. The van der Waals surface area contributed by atoms with Crippen molar-refractivity contribution < 1.29 is 35.8 Å². The highest BCUT2D eigenvalue weighted by atomic mass is 19.4. The maximum Gasteiger partial charge on any atom is 0.411 e. The van der Waals surface area contributed by atoms with Crippen molar-refractivity contribution in [2.45, 2.75) is 84.4 Å². The lowest BCUT2D eigenvalue weighted by atomic mass is 9.72. The minimum absolute atomic E-state index is 0.00274. The summed E-state index contributed by atoms with van der Waals surface area (Å²) in [6.07, 6.45) is -11.5. The molecule has 0 heterocycles. The quantitative estimate of drug-likeness (QED) is 0.251. The number of alkyl halides is 6. The summed E-state index contributed by atoms with van der Waals surface area (Å²) in [5.41, 5.74) is -6.97.